The van der Waals surface area contributed by atoms with Gasteiger partial charge in [0.2, 0.25) is 0 Å². The first kappa shape index (κ1) is 19.1. The van der Waals surface area contributed by atoms with Gasteiger partial charge in [-0.2, -0.15) is 5.10 Å². The predicted molar refractivity (Wildman–Crippen MR) is 118 cm³/mol. The Morgan fingerprint density at radius 3 is 2.40 bits per heavy atom. The second-order valence-corrected chi connectivity index (χ2v) is 8.41. The molecule has 1 saturated carbocycles. The van der Waals surface area contributed by atoms with Gasteiger partial charge in [0.05, 0.1) is 11.4 Å². The first-order chi connectivity index (χ1) is 14.8. The predicted octanol–water partition coefficient (Wildman–Crippen LogP) is 4.28. The summed E-state index contributed by atoms with van der Waals surface area (Å²) >= 11 is 0. The van der Waals surface area contributed by atoms with Crippen LogP contribution in [0, 0.1) is 0 Å². The van der Waals surface area contributed by atoms with E-state index in [1.165, 1.54) is 37.1 Å². The Morgan fingerprint density at radius 2 is 1.67 bits per heavy atom. The van der Waals surface area contributed by atoms with E-state index in [-0.39, 0.29) is 5.91 Å². The SMILES string of the molecule is O=C(NCc1ccccc1CN1CCCC1)c1cc(C2CC2)nn1-c1ccccc1. The average Bonchev–Trinajstić information content (AvgIpc) is 3.32. The van der Waals surface area contributed by atoms with Crippen molar-refractivity contribution in [2.45, 2.75) is 44.7 Å². The van der Waals surface area contributed by atoms with Crippen molar-refractivity contribution >= 4 is 5.91 Å². The standard InChI is InChI=1S/C25H28N4O/c30-25(26-17-20-8-4-5-9-21(20)18-28-14-6-7-15-28)24-16-23(19-12-13-19)27-29(24)22-10-2-1-3-11-22/h1-5,8-11,16,19H,6-7,12-15,17-18H2,(H,26,30). The van der Waals surface area contributed by atoms with Gasteiger partial charge < -0.3 is 5.32 Å². The highest BCUT2D eigenvalue weighted by Crippen LogP contribution is 2.39. The third-order valence-electron chi connectivity index (χ3n) is 6.11. The van der Waals surface area contributed by atoms with Crippen LogP contribution in [0.2, 0.25) is 0 Å². The van der Waals surface area contributed by atoms with Crippen LogP contribution in [0.25, 0.3) is 5.69 Å². The normalized spacial score (nSPS) is 16.7. The van der Waals surface area contributed by atoms with E-state index in [0.717, 1.165) is 30.8 Å². The Kier molecular flexibility index (Phi) is 5.37. The second-order valence-electron chi connectivity index (χ2n) is 8.41. The molecule has 1 aliphatic heterocycles. The molecule has 0 radical (unpaired) electrons. The van der Waals surface area contributed by atoms with Gasteiger partial charge >= 0.3 is 0 Å². The number of amides is 1. The highest BCUT2D eigenvalue weighted by Gasteiger charge is 2.29. The van der Waals surface area contributed by atoms with Crippen LogP contribution in [-0.2, 0) is 13.1 Å². The zero-order chi connectivity index (χ0) is 20.3. The van der Waals surface area contributed by atoms with Crippen LogP contribution >= 0.6 is 0 Å². The molecule has 0 atom stereocenters. The number of likely N-dealkylation sites (tertiary alicyclic amines) is 1. The van der Waals surface area contributed by atoms with Crippen LogP contribution in [0.3, 0.4) is 0 Å². The second kappa shape index (κ2) is 8.44. The van der Waals surface area contributed by atoms with Gasteiger partial charge in [-0.05, 0) is 68.1 Å². The number of nitrogens with zero attached hydrogens (tertiary/aromatic N) is 3. The molecule has 154 valence electrons. The van der Waals surface area contributed by atoms with Gasteiger partial charge in [-0.3, -0.25) is 9.69 Å². The number of rotatable bonds is 7. The van der Waals surface area contributed by atoms with E-state index in [0.29, 0.717) is 18.2 Å². The van der Waals surface area contributed by atoms with Crippen molar-refractivity contribution in [1.29, 1.82) is 0 Å². The summed E-state index contributed by atoms with van der Waals surface area (Å²) < 4.78 is 1.79. The Morgan fingerprint density at radius 1 is 0.967 bits per heavy atom. The van der Waals surface area contributed by atoms with Crippen molar-refractivity contribution in [3.63, 3.8) is 0 Å². The summed E-state index contributed by atoms with van der Waals surface area (Å²) in [6.45, 7) is 3.82. The van der Waals surface area contributed by atoms with E-state index in [1.54, 1.807) is 4.68 Å². The minimum absolute atomic E-state index is 0.0748. The van der Waals surface area contributed by atoms with Crippen LogP contribution in [0.5, 0.6) is 0 Å². The molecule has 30 heavy (non-hydrogen) atoms. The van der Waals surface area contributed by atoms with Crippen LogP contribution in [0.4, 0.5) is 0 Å². The molecule has 1 N–H and O–H groups in total. The molecule has 5 heteroatoms. The maximum Gasteiger partial charge on any atom is 0.270 e. The van der Waals surface area contributed by atoms with E-state index in [1.807, 2.05) is 42.5 Å². The summed E-state index contributed by atoms with van der Waals surface area (Å²) in [5.74, 6) is 0.428. The van der Waals surface area contributed by atoms with Crippen LogP contribution in [-0.4, -0.2) is 33.7 Å². The summed E-state index contributed by atoms with van der Waals surface area (Å²) in [6.07, 6.45) is 4.89. The van der Waals surface area contributed by atoms with E-state index in [2.05, 4.69) is 28.4 Å². The number of para-hydroxylation sites is 1. The van der Waals surface area contributed by atoms with Gasteiger partial charge in [0.15, 0.2) is 0 Å². The summed E-state index contributed by atoms with van der Waals surface area (Å²) in [5.41, 5.74) is 5.04. The van der Waals surface area contributed by atoms with E-state index >= 15 is 0 Å². The number of benzene rings is 2. The minimum Gasteiger partial charge on any atom is -0.347 e. The highest BCUT2D eigenvalue weighted by atomic mass is 16.2. The average molecular weight is 401 g/mol. The molecular weight excluding hydrogens is 372 g/mol. The number of aromatic nitrogens is 2. The zero-order valence-corrected chi connectivity index (χ0v) is 17.3. The van der Waals surface area contributed by atoms with Gasteiger partial charge in [0.25, 0.3) is 5.91 Å². The number of nitrogens with one attached hydrogen (secondary N) is 1. The third kappa shape index (κ3) is 4.17. The van der Waals surface area contributed by atoms with Crippen molar-refractivity contribution in [3.05, 3.63) is 83.2 Å². The van der Waals surface area contributed by atoms with Crippen molar-refractivity contribution in [2.75, 3.05) is 13.1 Å². The van der Waals surface area contributed by atoms with Crippen molar-refractivity contribution in [3.8, 4) is 5.69 Å². The molecule has 1 saturated heterocycles. The van der Waals surface area contributed by atoms with E-state index in [9.17, 15) is 4.79 Å². The Bertz CT molecular complexity index is 1020. The quantitative estimate of drug-likeness (QED) is 0.644. The molecule has 0 unspecified atom stereocenters. The molecule has 1 aliphatic carbocycles. The van der Waals surface area contributed by atoms with Crippen LogP contribution in [0.15, 0.2) is 60.7 Å². The Hall–Kier alpha value is -2.92. The number of carbonyl (C=O) groups excluding carboxylic acids is 1. The molecular formula is C25H28N4O. The molecule has 2 aromatic carbocycles. The fourth-order valence-electron chi connectivity index (χ4n) is 4.24. The summed E-state index contributed by atoms with van der Waals surface area (Å²) in [4.78, 5) is 15.6. The lowest BCUT2D eigenvalue weighted by molar-refractivity contribution is 0.0943. The Labute approximate surface area is 177 Å². The fraction of sp³-hybridized carbons (Fsp3) is 0.360. The van der Waals surface area contributed by atoms with Crippen molar-refractivity contribution in [1.82, 2.24) is 20.0 Å². The lowest BCUT2D eigenvalue weighted by Crippen LogP contribution is -2.26. The van der Waals surface area contributed by atoms with Gasteiger partial charge in [0, 0.05) is 19.0 Å². The van der Waals surface area contributed by atoms with E-state index < -0.39 is 0 Å². The topological polar surface area (TPSA) is 50.2 Å². The van der Waals surface area contributed by atoms with Crippen LogP contribution < -0.4 is 5.32 Å². The zero-order valence-electron chi connectivity index (χ0n) is 17.3. The van der Waals surface area contributed by atoms with Gasteiger partial charge in [-0.25, -0.2) is 4.68 Å². The van der Waals surface area contributed by atoms with Crippen molar-refractivity contribution < 1.29 is 4.79 Å². The smallest absolute Gasteiger partial charge is 0.270 e. The van der Waals surface area contributed by atoms with Gasteiger partial charge in [-0.15, -0.1) is 0 Å². The van der Waals surface area contributed by atoms with Gasteiger partial charge in [-0.1, -0.05) is 42.5 Å². The highest BCUT2D eigenvalue weighted by molar-refractivity contribution is 5.93. The molecule has 0 spiro atoms. The molecule has 1 amide bonds. The summed E-state index contributed by atoms with van der Waals surface area (Å²) in [5, 5.41) is 7.90. The molecule has 3 aromatic rings. The number of hydrogen-bond donors (Lipinski definition) is 1. The first-order valence-electron chi connectivity index (χ1n) is 11.0. The summed E-state index contributed by atoms with van der Waals surface area (Å²) in [7, 11) is 0. The fourth-order valence-corrected chi connectivity index (χ4v) is 4.24. The maximum absolute atomic E-state index is 13.1. The molecule has 2 aliphatic rings. The lowest BCUT2D eigenvalue weighted by Gasteiger charge is -2.17. The summed E-state index contributed by atoms with van der Waals surface area (Å²) in [6, 6.07) is 20.3. The van der Waals surface area contributed by atoms with E-state index in [4.69, 9.17) is 5.10 Å². The molecule has 2 fully saturated rings. The third-order valence-corrected chi connectivity index (χ3v) is 6.11. The largest absolute Gasteiger partial charge is 0.347 e. The molecule has 0 bridgehead atoms. The monoisotopic (exact) mass is 400 g/mol. The Balaban J connectivity index is 1.34. The first-order valence-corrected chi connectivity index (χ1v) is 11.0. The molecule has 5 nitrogen and oxygen atoms in total. The number of hydrogen-bond acceptors (Lipinski definition) is 3. The minimum atomic E-state index is -0.0748. The maximum atomic E-state index is 13.1. The molecule has 1 aromatic heterocycles. The van der Waals surface area contributed by atoms with Crippen LogP contribution in [0.1, 0.15) is 58.9 Å². The molecule has 5 rings (SSSR count). The molecule has 2 heterocycles. The van der Waals surface area contributed by atoms with Crippen molar-refractivity contribution in [2.24, 2.45) is 0 Å². The van der Waals surface area contributed by atoms with Gasteiger partial charge in [0.1, 0.15) is 5.69 Å². The number of carbonyl (C=O) groups is 1. The lowest BCUT2D eigenvalue weighted by atomic mass is 10.1.